The number of benzene rings is 1. The molecule has 0 amide bonds. The number of aromatic nitrogens is 3. The van der Waals surface area contributed by atoms with Crippen molar-refractivity contribution >= 4 is 17.5 Å². The van der Waals surface area contributed by atoms with E-state index in [1.54, 1.807) is 35.2 Å². The summed E-state index contributed by atoms with van der Waals surface area (Å²) < 4.78 is 12.5. The Balaban J connectivity index is 1.59. The number of hydrogen-bond acceptors (Lipinski definition) is 7. The van der Waals surface area contributed by atoms with Crippen molar-refractivity contribution < 1.29 is 13.9 Å². The number of carbonyl (C=O) groups is 1. The van der Waals surface area contributed by atoms with Gasteiger partial charge in [-0.1, -0.05) is 42.1 Å². The van der Waals surface area contributed by atoms with Gasteiger partial charge in [-0.05, 0) is 0 Å². The Hall–Kier alpha value is -2.87. The van der Waals surface area contributed by atoms with Crippen molar-refractivity contribution in [1.29, 1.82) is 0 Å². The lowest BCUT2D eigenvalue weighted by Crippen LogP contribution is -2.15. The third kappa shape index (κ3) is 4.36. The van der Waals surface area contributed by atoms with Crippen LogP contribution in [0.25, 0.3) is 0 Å². The van der Waals surface area contributed by atoms with Gasteiger partial charge in [0.15, 0.2) is 17.5 Å². The number of thioether (sulfide) groups is 1. The average Bonchev–Trinajstić information content (AvgIpc) is 3.04. The molecule has 2 heterocycles. The van der Waals surface area contributed by atoms with Crippen LogP contribution in [0.1, 0.15) is 16.1 Å². The molecule has 0 radical (unpaired) electrons. The Morgan fingerprint density at radius 1 is 1.32 bits per heavy atom. The van der Waals surface area contributed by atoms with E-state index < -0.39 is 0 Å². The van der Waals surface area contributed by atoms with Gasteiger partial charge in [-0.25, -0.2) is 0 Å². The summed E-state index contributed by atoms with van der Waals surface area (Å²) in [5.41, 5.74) is 0.198. The highest BCUT2D eigenvalue weighted by Gasteiger charge is 2.10. The van der Waals surface area contributed by atoms with Crippen molar-refractivity contribution in [1.82, 2.24) is 14.8 Å². The van der Waals surface area contributed by atoms with Gasteiger partial charge in [-0.3, -0.25) is 9.59 Å². The van der Waals surface area contributed by atoms with E-state index in [9.17, 15) is 9.59 Å². The molecule has 0 aliphatic carbocycles. The molecule has 0 N–H and O–H groups in total. The molecule has 25 heavy (non-hydrogen) atoms. The fourth-order valence-corrected chi connectivity index (χ4v) is 2.79. The van der Waals surface area contributed by atoms with E-state index in [0.717, 1.165) is 5.16 Å². The van der Waals surface area contributed by atoms with Crippen molar-refractivity contribution in [3.63, 3.8) is 0 Å². The van der Waals surface area contributed by atoms with Crippen LogP contribution in [0.2, 0.25) is 0 Å². The molecular formula is C17H15N3O4S. The number of ketones is 1. The maximum atomic E-state index is 12.1. The Morgan fingerprint density at radius 2 is 2.12 bits per heavy atom. The van der Waals surface area contributed by atoms with Crippen molar-refractivity contribution in [2.45, 2.75) is 10.9 Å². The summed E-state index contributed by atoms with van der Waals surface area (Å²) in [6.07, 6.45) is 2.83. The molecule has 3 rings (SSSR count). The van der Waals surface area contributed by atoms with Crippen molar-refractivity contribution in [2.75, 3.05) is 6.61 Å². The van der Waals surface area contributed by atoms with Gasteiger partial charge in [0, 0.05) is 18.7 Å². The third-order valence-electron chi connectivity index (χ3n) is 3.32. The number of nitrogens with zero attached hydrogens (tertiary/aromatic N) is 3. The Labute approximate surface area is 147 Å². The van der Waals surface area contributed by atoms with Gasteiger partial charge in [0.25, 0.3) is 0 Å². The van der Waals surface area contributed by atoms with Crippen LogP contribution in [0.3, 0.4) is 0 Å². The van der Waals surface area contributed by atoms with Crippen LogP contribution in [0.4, 0.5) is 0 Å². The van der Waals surface area contributed by atoms with E-state index in [0.29, 0.717) is 17.1 Å². The molecule has 0 spiro atoms. The van der Waals surface area contributed by atoms with E-state index in [4.69, 9.17) is 9.15 Å². The van der Waals surface area contributed by atoms with Crippen molar-refractivity contribution in [3.05, 3.63) is 70.5 Å². The first kappa shape index (κ1) is 17.0. The summed E-state index contributed by atoms with van der Waals surface area (Å²) in [6, 6.07) is 10.1. The fourth-order valence-electron chi connectivity index (χ4n) is 2.01. The van der Waals surface area contributed by atoms with Gasteiger partial charge in [0.05, 0.1) is 5.75 Å². The van der Waals surface area contributed by atoms with Gasteiger partial charge in [-0.2, -0.15) is 0 Å². The topological polar surface area (TPSA) is 87.2 Å². The quantitative estimate of drug-likeness (QED) is 0.474. The highest BCUT2D eigenvalue weighted by atomic mass is 32.2. The van der Waals surface area contributed by atoms with Crippen LogP contribution in [0.15, 0.2) is 63.4 Å². The Morgan fingerprint density at radius 3 is 2.80 bits per heavy atom. The van der Waals surface area contributed by atoms with Gasteiger partial charge < -0.3 is 13.7 Å². The van der Waals surface area contributed by atoms with Crippen LogP contribution < -0.4 is 10.2 Å². The molecule has 0 unspecified atom stereocenters. The molecule has 0 saturated heterocycles. The van der Waals surface area contributed by atoms with Crippen LogP contribution in [-0.4, -0.2) is 27.2 Å². The molecule has 8 heteroatoms. The minimum atomic E-state index is -0.333. The lowest BCUT2D eigenvalue weighted by atomic mass is 10.1. The lowest BCUT2D eigenvalue weighted by molar-refractivity contribution is 0.0919. The number of hydrogen-bond donors (Lipinski definition) is 0. The maximum absolute atomic E-state index is 12.1. The van der Waals surface area contributed by atoms with Crippen LogP contribution in [0.5, 0.6) is 5.75 Å². The summed E-state index contributed by atoms with van der Waals surface area (Å²) in [6.45, 7) is -0.220. The van der Waals surface area contributed by atoms with Crippen molar-refractivity contribution in [3.8, 4) is 5.75 Å². The Kier molecular flexibility index (Phi) is 5.30. The molecule has 1 aromatic carbocycles. The average molecular weight is 357 g/mol. The van der Waals surface area contributed by atoms with E-state index in [1.165, 1.54) is 24.1 Å². The van der Waals surface area contributed by atoms with Crippen LogP contribution in [0, 0.1) is 0 Å². The molecule has 7 nitrogen and oxygen atoms in total. The number of ether oxygens (including phenoxy) is 1. The molecule has 128 valence electrons. The zero-order valence-electron chi connectivity index (χ0n) is 13.4. The zero-order chi connectivity index (χ0) is 17.6. The Bertz CT molecular complexity index is 921. The first-order chi connectivity index (χ1) is 12.1. The van der Waals surface area contributed by atoms with Gasteiger partial charge in [0.1, 0.15) is 18.4 Å². The number of Topliss-reactive ketones (excluding diaryl/α,β-unsaturated/α-hetero) is 1. The first-order valence-electron chi connectivity index (χ1n) is 7.43. The highest BCUT2D eigenvalue weighted by Crippen LogP contribution is 2.20. The predicted octanol–water partition coefficient (Wildman–Crippen LogP) is 2.32. The van der Waals surface area contributed by atoms with E-state index in [1.807, 2.05) is 13.1 Å². The van der Waals surface area contributed by atoms with Crippen molar-refractivity contribution in [2.24, 2.45) is 7.05 Å². The molecular weight excluding hydrogens is 342 g/mol. The number of carbonyl (C=O) groups excluding carboxylic acids is 1. The van der Waals surface area contributed by atoms with E-state index in [-0.39, 0.29) is 23.6 Å². The minimum absolute atomic E-state index is 0.0108. The van der Waals surface area contributed by atoms with Gasteiger partial charge in [-0.15, -0.1) is 10.2 Å². The standard InChI is InChI=1S/C17H15N3O4S/c1-20-11-18-19-17(20)25-10-13-7-14(21)16(9-23-13)24-8-15(22)12-5-3-2-4-6-12/h2-7,9,11H,8,10H2,1H3. The van der Waals surface area contributed by atoms with Gasteiger partial charge in [0.2, 0.25) is 11.2 Å². The SMILES string of the molecule is Cn1cnnc1SCc1cc(=O)c(OCC(=O)c2ccccc2)co1. The second-order valence-corrected chi connectivity index (χ2v) is 6.11. The van der Waals surface area contributed by atoms with E-state index in [2.05, 4.69) is 10.2 Å². The molecule has 0 aliphatic heterocycles. The largest absolute Gasteiger partial charge is 0.478 e. The molecule has 3 aromatic rings. The molecule has 2 aromatic heterocycles. The molecule has 0 atom stereocenters. The normalized spacial score (nSPS) is 10.6. The molecule has 0 aliphatic rings. The second-order valence-electron chi connectivity index (χ2n) is 5.17. The summed E-state index contributed by atoms with van der Waals surface area (Å²) in [7, 11) is 1.83. The minimum Gasteiger partial charge on any atom is -0.478 e. The third-order valence-corrected chi connectivity index (χ3v) is 4.38. The number of rotatable bonds is 7. The highest BCUT2D eigenvalue weighted by molar-refractivity contribution is 7.98. The van der Waals surface area contributed by atoms with Crippen LogP contribution in [-0.2, 0) is 12.8 Å². The first-order valence-corrected chi connectivity index (χ1v) is 8.41. The number of aryl methyl sites for hydroxylation is 1. The van der Waals surface area contributed by atoms with E-state index >= 15 is 0 Å². The summed E-state index contributed by atoms with van der Waals surface area (Å²) >= 11 is 1.40. The monoisotopic (exact) mass is 357 g/mol. The lowest BCUT2D eigenvalue weighted by Gasteiger charge is -2.05. The summed E-state index contributed by atoms with van der Waals surface area (Å²) in [5, 5.41) is 8.44. The maximum Gasteiger partial charge on any atom is 0.227 e. The smallest absolute Gasteiger partial charge is 0.227 e. The molecule has 0 saturated carbocycles. The predicted molar refractivity (Wildman–Crippen MR) is 91.8 cm³/mol. The summed E-state index contributed by atoms with van der Waals surface area (Å²) in [4.78, 5) is 24.1. The molecule has 0 bridgehead atoms. The fraction of sp³-hybridized carbons (Fsp3) is 0.176. The second kappa shape index (κ2) is 7.80. The summed E-state index contributed by atoms with van der Waals surface area (Å²) in [5.74, 6) is 0.726. The zero-order valence-corrected chi connectivity index (χ0v) is 14.2. The van der Waals surface area contributed by atoms with Gasteiger partial charge >= 0.3 is 0 Å². The van der Waals surface area contributed by atoms with Crippen LogP contribution >= 0.6 is 11.8 Å². The molecule has 0 fully saturated rings.